The summed E-state index contributed by atoms with van der Waals surface area (Å²) in [6.07, 6.45) is 0. The molecule has 0 radical (unpaired) electrons. The summed E-state index contributed by atoms with van der Waals surface area (Å²) in [6.45, 7) is 8.60. The molecule has 0 spiro atoms. The number of carbonyl (C=O) groups excluding carboxylic acids is 2. The van der Waals surface area contributed by atoms with Crippen LogP contribution in [0.15, 0.2) is 24.3 Å². The van der Waals surface area contributed by atoms with Gasteiger partial charge in [-0.05, 0) is 32.0 Å². The lowest BCUT2D eigenvalue weighted by Gasteiger charge is -2.28. The Labute approximate surface area is 149 Å². The zero-order valence-electron chi connectivity index (χ0n) is 15.2. The van der Waals surface area contributed by atoms with Crippen molar-refractivity contribution in [2.45, 2.75) is 19.9 Å². The van der Waals surface area contributed by atoms with E-state index in [1.807, 2.05) is 13.8 Å². The number of amides is 3. The molecule has 2 rings (SSSR count). The molecule has 0 aliphatic carbocycles. The molecule has 3 amide bonds. The van der Waals surface area contributed by atoms with E-state index in [1.165, 1.54) is 0 Å². The van der Waals surface area contributed by atoms with Crippen molar-refractivity contribution in [3.8, 4) is 0 Å². The van der Waals surface area contributed by atoms with Gasteiger partial charge >= 0.3 is 6.03 Å². The molecule has 1 aliphatic heterocycles. The molecule has 1 saturated heterocycles. The van der Waals surface area contributed by atoms with Crippen LogP contribution in [0.3, 0.4) is 0 Å². The highest BCUT2D eigenvalue weighted by Gasteiger charge is 2.15. The Morgan fingerprint density at radius 3 is 2.68 bits per heavy atom. The van der Waals surface area contributed by atoms with Crippen molar-refractivity contribution < 1.29 is 14.3 Å². The van der Waals surface area contributed by atoms with Gasteiger partial charge < -0.3 is 20.3 Å². The van der Waals surface area contributed by atoms with Crippen molar-refractivity contribution in [1.82, 2.24) is 15.1 Å². The molecular formula is C18H28N4O3. The molecule has 1 aromatic carbocycles. The molecule has 1 heterocycles. The summed E-state index contributed by atoms with van der Waals surface area (Å²) >= 11 is 0. The number of morpholine rings is 1. The summed E-state index contributed by atoms with van der Waals surface area (Å²) in [5.41, 5.74) is 1.16. The standard InChI is InChI=1S/C18H28N4O3/c1-14(2)19-18(24)20-16-6-4-5-15(13-16)17(23)21(3)7-8-22-9-11-25-12-10-22/h4-6,13-14H,7-12H2,1-3H3,(H2,19,20,24). The number of hydrogen-bond donors (Lipinski definition) is 2. The second-order valence-electron chi connectivity index (χ2n) is 6.51. The summed E-state index contributed by atoms with van der Waals surface area (Å²) in [6, 6.07) is 6.78. The monoisotopic (exact) mass is 348 g/mol. The van der Waals surface area contributed by atoms with Crippen LogP contribution in [0.5, 0.6) is 0 Å². The van der Waals surface area contributed by atoms with Gasteiger partial charge in [0.15, 0.2) is 0 Å². The first-order valence-electron chi connectivity index (χ1n) is 8.69. The summed E-state index contributed by atoms with van der Waals surface area (Å²) in [5.74, 6) is -0.0545. The van der Waals surface area contributed by atoms with Crippen molar-refractivity contribution in [1.29, 1.82) is 0 Å². The Hall–Kier alpha value is -2.12. The smallest absolute Gasteiger partial charge is 0.319 e. The van der Waals surface area contributed by atoms with Crippen molar-refractivity contribution >= 4 is 17.6 Å². The lowest BCUT2D eigenvalue weighted by molar-refractivity contribution is 0.0338. The fraction of sp³-hybridized carbons (Fsp3) is 0.556. The van der Waals surface area contributed by atoms with Gasteiger partial charge in [-0.2, -0.15) is 0 Å². The van der Waals surface area contributed by atoms with Gasteiger partial charge in [0, 0.05) is 50.5 Å². The highest BCUT2D eigenvalue weighted by molar-refractivity contribution is 5.96. The second-order valence-corrected chi connectivity index (χ2v) is 6.51. The maximum atomic E-state index is 12.6. The van der Waals surface area contributed by atoms with Crippen LogP contribution in [0.2, 0.25) is 0 Å². The molecule has 1 aliphatic rings. The van der Waals surface area contributed by atoms with Gasteiger partial charge in [0.1, 0.15) is 0 Å². The van der Waals surface area contributed by atoms with Crippen LogP contribution in [0.4, 0.5) is 10.5 Å². The quantitative estimate of drug-likeness (QED) is 0.819. The number of anilines is 1. The minimum absolute atomic E-state index is 0.0520. The molecule has 1 aromatic rings. The predicted molar refractivity (Wildman–Crippen MR) is 98.0 cm³/mol. The second kappa shape index (κ2) is 9.39. The molecule has 7 heteroatoms. The average molecular weight is 348 g/mol. The number of benzene rings is 1. The summed E-state index contributed by atoms with van der Waals surface area (Å²) in [4.78, 5) is 28.4. The van der Waals surface area contributed by atoms with Crippen LogP contribution in [-0.4, -0.2) is 74.2 Å². The highest BCUT2D eigenvalue weighted by Crippen LogP contribution is 2.12. The maximum Gasteiger partial charge on any atom is 0.319 e. The minimum atomic E-state index is -0.278. The fourth-order valence-electron chi connectivity index (χ4n) is 2.60. The van der Waals surface area contributed by atoms with E-state index in [4.69, 9.17) is 4.74 Å². The number of ether oxygens (including phenoxy) is 1. The number of nitrogens with zero attached hydrogens (tertiary/aromatic N) is 2. The molecule has 0 saturated carbocycles. The average Bonchev–Trinajstić information content (AvgIpc) is 2.59. The van der Waals surface area contributed by atoms with Gasteiger partial charge in [0.25, 0.3) is 5.91 Å². The normalized spacial score (nSPS) is 15.0. The van der Waals surface area contributed by atoms with Crippen LogP contribution in [-0.2, 0) is 4.74 Å². The highest BCUT2D eigenvalue weighted by atomic mass is 16.5. The molecule has 25 heavy (non-hydrogen) atoms. The minimum Gasteiger partial charge on any atom is -0.379 e. The third-order valence-corrected chi connectivity index (χ3v) is 3.99. The van der Waals surface area contributed by atoms with Crippen LogP contribution >= 0.6 is 0 Å². The molecular weight excluding hydrogens is 320 g/mol. The van der Waals surface area contributed by atoms with Crippen LogP contribution in [0.1, 0.15) is 24.2 Å². The molecule has 2 N–H and O–H groups in total. The first-order valence-corrected chi connectivity index (χ1v) is 8.69. The number of nitrogens with one attached hydrogen (secondary N) is 2. The van der Waals surface area contributed by atoms with Gasteiger partial charge in [0.05, 0.1) is 13.2 Å². The van der Waals surface area contributed by atoms with Gasteiger partial charge in [-0.25, -0.2) is 4.79 Å². The van der Waals surface area contributed by atoms with E-state index in [0.29, 0.717) is 17.8 Å². The topological polar surface area (TPSA) is 73.9 Å². The van der Waals surface area contributed by atoms with Crippen LogP contribution in [0.25, 0.3) is 0 Å². The van der Waals surface area contributed by atoms with E-state index in [-0.39, 0.29) is 18.0 Å². The van der Waals surface area contributed by atoms with Crippen LogP contribution < -0.4 is 10.6 Å². The lowest BCUT2D eigenvalue weighted by Crippen LogP contribution is -2.41. The van der Waals surface area contributed by atoms with E-state index in [2.05, 4.69) is 15.5 Å². The number of likely N-dealkylation sites (N-methyl/N-ethyl adjacent to an activating group) is 1. The first-order chi connectivity index (χ1) is 12.0. The Kier molecular flexibility index (Phi) is 7.21. The number of rotatable bonds is 6. The summed E-state index contributed by atoms with van der Waals surface area (Å²) < 4.78 is 5.33. The third kappa shape index (κ3) is 6.36. The largest absolute Gasteiger partial charge is 0.379 e. The van der Waals surface area contributed by atoms with Crippen molar-refractivity contribution in [3.05, 3.63) is 29.8 Å². The van der Waals surface area contributed by atoms with Crippen molar-refractivity contribution in [2.24, 2.45) is 0 Å². The van der Waals surface area contributed by atoms with E-state index < -0.39 is 0 Å². The number of hydrogen-bond acceptors (Lipinski definition) is 4. The maximum absolute atomic E-state index is 12.6. The van der Waals surface area contributed by atoms with Gasteiger partial charge in [-0.1, -0.05) is 6.07 Å². The van der Waals surface area contributed by atoms with Crippen molar-refractivity contribution in [2.75, 3.05) is 51.8 Å². The third-order valence-electron chi connectivity index (χ3n) is 3.99. The SMILES string of the molecule is CC(C)NC(=O)Nc1cccc(C(=O)N(C)CCN2CCOCC2)c1. The first kappa shape index (κ1) is 19.2. The molecule has 0 bridgehead atoms. The summed E-state index contributed by atoms with van der Waals surface area (Å²) in [7, 11) is 1.80. The van der Waals surface area contributed by atoms with E-state index in [1.54, 1.807) is 36.2 Å². The molecule has 7 nitrogen and oxygen atoms in total. The van der Waals surface area contributed by atoms with Crippen LogP contribution in [0, 0.1) is 0 Å². The zero-order valence-corrected chi connectivity index (χ0v) is 15.2. The molecule has 0 atom stereocenters. The number of urea groups is 1. The zero-order chi connectivity index (χ0) is 18.2. The molecule has 1 fully saturated rings. The van der Waals surface area contributed by atoms with Gasteiger partial charge in [-0.15, -0.1) is 0 Å². The number of carbonyl (C=O) groups is 2. The molecule has 138 valence electrons. The van der Waals surface area contributed by atoms with E-state index in [9.17, 15) is 9.59 Å². The molecule has 0 unspecified atom stereocenters. The predicted octanol–water partition coefficient (Wildman–Crippen LogP) is 1.62. The lowest BCUT2D eigenvalue weighted by atomic mass is 10.1. The van der Waals surface area contributed by atoms with Crippen molar-refractivity contribution in [3.63, 3.8) is 0 Å². The Morgan fingerprint density at radius 1 is 1.28 bits per heavy atom. The molecule has 0 aromatic heterocycles. The van der Waals surface area contributed by atoms with Gasteiger partial charge in [0.2, 0.25) is 0 Å². The summed E-state index contributed by atoms with van der Waals surface area (Å²) in [5, 5.41) is 5.51. The Balaban J connectivity index is 1.89. The van der Waals surface area contributed by atoms with Gasteiger partial charge in [-0.3, -0.25) is 9.69 Å². The van der Waals surface area contributed by atoms with E-state index in [0.717, 1.165) is 32.8 Å². The Morgan fingerprint density at radius 2 is 2.00 bits per heavy atom. The Bertz CT molecular complexity index is 585. The van der Waals surface area contributed by atoms with E-state index >= 15 is 0 Å². The fourth-order valence-corrected chi connectivity index (χ4v) is 2.60.